The van der Waals surface area contributed by atoms with Crippen molar-refractivity contribution in [1.29, 1.82) is 0 Å². The fraction of sp³-hybridized carbons (Fsp3) is 0.0833. The predicted molar refractivity (Wildman–Crippen MR) is 119 cm³/mol. The van der Waals surface area contributed by atoms with E-state index in [1.807, 2.05) is 6.07 Å². The molecule has 166 valence electrons. The highest BCUT2D eigenvalue weighted by Gasteiger charge is 2.37. The SMILES string of the molecule is CCOC(=O)C1=C(Nc2ccccc2)O/C(=C\c2ccc(-c3ccccc3[N+](=O)[O-])o2)C1=O. The minimum atomic E-state index is -0.815. The molecule has 0 aliphatic carbocycles. The van der Waals surface area contributed by atoms with Gasteiger partial charge in [-0.05, 0) is 37.3 Å². The van der Waals surface area contributed by atoms with E-state index >= 15 is 0 Å². The third kappa shape index (κ3) is 4.52. The molecule has 0 radical (unpaired) electrons. The van der Waals surface area contributed by atoms with E-state index < -0.39 is 16.7 Å². The van der Waals surface area contributed by atoms with Gasteiger partial charge in [0.1, 0.15) is 11.5 Å². The minimum Gasteiger partial charge on any atom is -0.462 e. The molecule has 33 heavy (non-hydrogen) atoms. The molecular formula is C24H18N2O7. The maximum absolute atomic E-state index is 12.9. The lowest BCUT2D eigenvalue weighted by atomic mass is 10.1. The number of hydrogen-bond acceptors (Lipinski definition) is 8. The van der Waals surface area contributed by atoms with Gasteiger partial charge >= 0.3 is 5.97 Å². The summed E-state index contributed by atoms with van der Waals surface area (Å²) >= 11 is 0. The lowest BCUT2D eigenvalue weighted by molar-refractivity contribution is -0.384. The zero-order valence-electron chi connectivity index (χ0n) is 17.4. The Labute approximate surface area is 188 Å². The van der Waals surface area contributed by atoms with E-state index in [1.165, 1.54) is 12.1 Å². The van der Waals surface area contributed by atoms with Gasteiger partial charge in [-0.2, -0.15) is 0 Å². The number of ketones is 1. The molecule has 0 atom stereocenters. The van der Waals surface area contributed by atoms with Gasteiger partial charge in [0.2, 0.25) is 11.7 Å². The normalized spacial score (nSPS) is 14.3. The number of para-hydroxylation sites is 2. The topological polar surface area (TPSA) is 121 Å². The van der Waals surface area contributed by atoms with Crippen molar-refractivity contribution >= 4 is 29.2 Å². The molecule has 0 unspecified atom stereocenters. The Morgan fingerprint density at radius 3 is 2.55 bits per heavy atom. The van der Waals surface area contributed by atoms with Gasteiger partial charge < -0.3 is 19.2 Å². The van der Waals surface area contributed by atoms with Gasteiger partial charge in [-0.25, -0.2) is 4.79 Å². The van der Waals surface area contributed by atoms with Gasteiger partial charge in [0, 0.05) is 17.8 Å². The molecule has 0 spiro atoms. The molecule has 0 saturated carbocycles. The number of furan rings is 1. The van der Waals surface area contributed by atoms with E-state index in [-0.39, 0.29) is 41.0 Å². The fourth-order valence-corrected chi connectivity index (χ4v) is 3.20. The van der Waals surface area contributed by atoms with Crippen molar-refractivity contribution in [3.8, 4) is 11.3 Å². The van der Waals surface area contributed by atoms with E-state index in [0.717, 1.165) is 0 Å². The van der Waals surface area contributed by atoms with Crippen molar-refractivity contribution in [2.45, 2.75) is 6.92 Å². The number of hydrogen-bond donors (Lipinski definition) is 1. The van der Waals surface area contributed by atoms with Crippen molar-refractivity contribution in [2.24, 2.45) is 0 Å². The first kappa shape index (κ1) is 21.6. The molecular weight excluding hydrogens is 428 g/mol. The smallest absolute Gasteiger partial charge is 0.347 e. The maximum Gasteiger partial charge on any atom is 0.347 e. The highest BCUT2D eigenvalue weighted by Crippen LogP contribution is 2.33. The number of anilines is 1. The molecule has 1 aromatic heterocycles. The van der Waals surface area contributed by atoms with Crippen LogP contribution in [0.25, 0.3) is 17.4 Å². The molecule has 3 aromatic rings. The molecule has 0 saturated heterocycles. The number of rotatable bonds is 7. The minimum absolute atomic E-state index is 0.0543. The highest BCUT2D eigenvalue weighted by molar-refractivity contribution is 6.26. The summed E-state index contributed by atoms with van der Waals surface area (Å²) in [7, 11) is 0. The summed E-state index contributed by atoms with van der Waals surface area (Å²) < 4.78 is 16.4. The van der Waals surface area contributed by atoms with Crippen LogP contribution in [0.2, 0.25) is 0 Å². The average molecular weight is 446 g/mol. The number of carbonyl (C=O) groups is 2. The molecule has 4 rings (SSSR count). The number of nitro benzene ring substituents is 1. The number of ether oxygens (including phenoxy) is 2. The summed E-state index contributed by atoms with van der Waals surface area (Å²) in [6.07, 6.45) is 1.32. The number of allylic oxidation sites excluding steroid dienone is 1. The number of carbonyl (C=O) groups excluding carboxylic acids is 2. The van der Waals surface area contributed by atoms with Crippen LogP contribution in [0.5, 0.6) is 0 Å². The molecule has 1 aliphatic rings. The van der Waals surface area contributed by atoms with Crippen LogP contribution >= 0.6 is 0 Å². The van der Waals surface area contributed by atoms with Gasteiger partial charge in [0.25, 0.3) is 5.69 Å². The first-order chi connectivity index (χ1) is 16.0. The summed E-state index contributed by atoms with van der Waals surface area (Å²) in [4.78, 5) is 36.1. The van der Waals surface area contributed by atoms with Gasteiger partial charge in [0.15, 0.2) is 11.3 Å². The molecule has 0 fully saturated rings. The van der Waals surface area contributed by atoms with E-state index in [9.17, 15) is 19.7 Å². The van der Waals surface area contributed by atoms with E-state index in [0.29, 0.717) is 11.3 Å². The van der Waals surface area contributed by atoms with Crippen LogP contribution in [0.3, 0.4) is 0 Å². The largest absolute Gasteiger partial charge is 0.462 e. The first-order valence-electron chi connectivity index (χ1n) is 9.99. The van der Waals surface area contributed by atoms with Crippen molar-refractivity contribution in [3.63, 3.8) is 0 Å². The maximum atomic E-state index is 12.9. The molecule has 0 amide bonds. The summed E-state index contributed by atoms with van der Waals surface area (Å²) in [5.74, 6) is -1.22. The van der Waals surface area contributed by atoms with Gasteiger partial charge in [0.05, 0.1) is 17.1 Å². The Bertz CT molecular complexity index is 1290. The van der Waals surface area contributed by atoms with Crippen LogP contribution in [0.4, 0.5) is 11.4 Å². The van der Waals surface area contributed by atoms with Gasteiger partial charge in [-0.1, -0.05) is 30.3 Å². The second kappa shape index (κ2) is 9.23. The molecule has 2 aromatic carbocycles. The number of Topliss-reactive ketones (excluding diaryl/α,β-unsaturated/α-hetero) is 1. The van der Waals surface area contributed by atoms with E-state index in [2.05, 4.69) is 5.32 Å². The van der Waals surface area contributed by atoms with Crippen LogP contribution in [-0.2, 0) is 19.1 Å². The zero-order valence-corrected chi connectivity index (χ0v) is 17.4. The number of nitro groups is 1. The number of nitrogens with one attached hydrogen (secondary N) is 1. The Morgan fingerprint density at radius 2 is 1.82 bits per heavy atom. The van der Waals surface area contributed by atoms with Crippen molar-refractivity contribution in [3.05, 3.63) is 99.8 Å². The number of nitrogens with zero attached hydrogens (tertiary/aromatic N) is 1. The van der Waals surface area contributed by atoms with E-state index in [4.69, 9.17) is 13.9 Å². The second-order valence-electron chi connectivity index (χ2n) is 6.83. The predicted octanol–water partition coefficient (Wildman–Crippen LogP) is 4.68. The quantitative estimate of drug-likeness (QED) is 0.183. The summed E-state index contributed by atoms with van der Waals surface area (Å²) in [5, 5.41) is 14.2. The molecule has 1 aliphatic heterocycles. The van der Waals surface area contributed by atoms with Crippen LogP contribution in [-0.4, -0.2) is 23.3 Å². The Balaban J connectivity index is 1.64. The average Bonchev–Trinajstić information content (AvgIpc) is 3.39. The molecule has 9 heteroatoms. The van der Waals surface area contributed by atoms with Crippen LogP contribution < -0.4 is 5.32 Å². The Hall–Kier alpha value is -4.66. The van der Waals surface area contributed by atoms with E-state index in [1.54, 1.807) is 61.5 Å². The number of esters is 1. The molecule has 9 nitrogen and oxygen atoms in total. The third-order valence-corrected chi connectivity index (χ3v) is 4.67. The summed E-state index contributed by atoms with van der Waals surface area (Å²) in [6.45, 7) is 1.72. The third-order valence-electron chi connectivity index (χ3n) is 4.67. The van der Waals surface area contributed by atoms with Crippen molar-refractivity contribution in [1.82, 2.24) is 0 Å². The van der Waals surface area contributed by atoms with Gasteiger partial charge in [-0.15, -0.1) is 0 Å². The van der Waals surface area contributed by atoms with Gasteiger partial charge in [-0.3, -0.25) is 14.9 Å². The van der Waals surface area contributed by atoms with Crippen LogP contribution in [0.1, 0.15) is 12.7 Å². The lowest BCUT2D eigenvalue weighted by Crippen LogP contribution is -2.16. The van der Waals surface area contributed by atoms with Crippen molar-refractivity contribution in [2.75, 3.05) is 11.9 Å². The zero-order chi connectivity index (χ0) is 23.4. The molecule has 0 bridgehead atoms. The monoisotopic (exact) mass is 446 g/mol. The first-order valence-corrected chi connectivity index (χ1v) is 9.99. The van der Waals surface area contributed by atoms with Crippen molar-refractivity contribution < 1.29 is 28.4 Å². The highest BCUT2D eigenvalue weighted by atomic mass is 16.6. The van der Waals surface area contributed by atoms with Crippen LogP contribution in [0, 0.1) is 10.1 Å². The lowest BCUT2D eigenvalue weighted by Gasteiger charge is -2.08. The molecule has 2 heterocycles. The summed E-state index contributed by atoms with van der Waals surface area (Å²) in [5.41, 5.74) is 0.528. The molecule has 1 N–H and O–H groups in total. The van der Waals surface area contributed by atoms with Crippen LogP contribution in [0.15, 0.2) is 88.4 Å². The standard InChI is InChI=1S/C24H18N2O7/c1-2-31-24(28)21-22(27)20(33-23(21)25-15-8-4-3-5-9-15)14-16-12-13-19(32-16)17-10-6-7-11-18(17)26(29)30/h3-14,25H,2H2,1H3/b20-14-. The Kier molecular flexibility index (Phi) is 6.03. The summed E-state index contributed by atoms with van der Waals surface area (Å²) in [6, 6.07) is 18.1. The number of benzene rings is 2. The Morgan fingerprint density at radius 1 is 1.09 bits per heavy atom. The second-order valence-corrected chi connectivity index (χ2v) is 6.83. The fourth-order valence-electron chi connectivity index (χ4n) is 3.20.